The summed E-state index contributed by atoms with van der Waals surface area (Å²) >= 11 is 0. The summed E-state index contributed by atoms with van der Waals surface area (Å²) in [6.07, 6.45) is 2.64. The minimum atomic E-state index is -0.447. The second-order valence-electron chi connectivity index (χ2n) is 8.56. The molecule has 2 aromatic heterocycles. The number of furan rings is 1. The van der Waals surface area contributed by atoms with Gasteiger partial charge in [0.1, 0.15) is 11.6 Å². The Morgan fingerprint density at radius 3 is 2.58 bits per heavy atom. The fourth-order valence-corrected chi connectivity index (χ4v) is 4.84. The van der Waals surface area contributed by atoms with Crippen molar-refractivity contribution in [2.75, 3.05) is 5.32 Å². The molecule has 166 valence electrons. The number of anilines is 1. The number of hydrogen-bond donors (Lipinski definition) is 2. The Balaban J connectivity index is 1.55. The first-order valence-corrected chi connectivity index (χ1v) is 11.1. The van der Waals surface area contributed by atoms with E-state index in [4.69, 9.17) is 4.42 Å². The van der Waals surface area contributed by atoms with Gasteiger partial charge in [0.15, 0.2) is 5.78 Å². The van der Waals surface area contributed by atoms with Crippen LogP contribution in [0.4, 0.5) is 5.82 Å². The summed E-state index contributed by atoms with van der Waals surface area (Å²) < 4.78 is 5.59. The number of carbonyl (C=O) groups is 2. The average Bonchev–Trinajstić information content (AvgIpc) is 3.33. The first-order valence-electron chi connectivity index (χ1n) is 11.1. The van der Waals surface area contributed by atoms with E-state index in [1.807, 2.05) is 68.4 Å². The van der Waals surface area contributed by atoms with Gasteiger partial charge in [0.2, 0.25) is 0 Å². The number of Topliss-reactive ketones (excluding diaryl/α,β-unsaturated/α-hetero) is 1. The highest BCUT2D eigenvalue weighted by atomic mass is 16.3. The minimum Gasteiger partial charge on any atom is -0.469 e. The van der Waals surface area contributed by atoms with Gasteiger partial charge < -0.3 is 15.1 Å². The molecule has 3 heterocycles. The molecule has 2 aliphatic rings. The number of hydrogen-bond acceptors (Lipinski definition) is 5. The normalized spacial score (nSPS) is 20.4. The number of rotatable bonds is 4. The molecular weight excluding hydrogens is 414 g/mol. The van der Waals surface area contributed by atoms with Crippen LogP contribution in [0.2, 0.25) is 0 Å². The Hall–Kier alpha value is -3.93. The number of amides is 1. The maximum atomic E-state index is 13.5. The molecule has 3 aromatic rings. The molecule has 0 spiro atoms. The van der Waals surface area contributed by atoms with Crippen LogP contribution in [0.5, 0.6) is 0 Å². The van der Waals surface area contributed by atoms with Crippen LogP contribution < -0.4 is 10.6 Å². The van der Waals surface area contributed by atoms with Crippen molar-refractivity contribution >= 4 is 17.5 Å². The van der Waals surface area contributed by atoms with Crippen LogP contribution in [0.25, 0.3) is 0 Å². The summed E-state index contributed by atoms with van der Waals surface area (Å²) in [6.45, 7) is 3.77. The van der Waals surface area contributed by atoms with Gasteiger partial charge in [-0.25, -0.2) is 4.98 Å². The van der Waals surface area contributed by atoms with Gasteiger partial charge in [-0.05, 0) is 50.1 Å². The number of benzene rings is 1. The lowest BCUT2D eigenvalue weighted by molar-refractivity contribution is -0.116. The molecule has 33 heavy (non-hydrogen) atoms. The second-order valence-corrected chi connectivity index (χ2v) is 8.56. The molecule has 2 unspecified atom stereocenters. The SMILES string of the molecule is CC1=C(C(=O)Nc2cccc(C)n2)C(c2ccccc2)C2=C(CC(c3ccco3)CC2=O)N1. The van der Waals surface area contributed by atoms with Crippen LogP contribution in [0, 0.1) is 6.92 Å². The Bertz CT molecular complexity index is 1270. The van der Waals surface area contributed by atoms with Gasteiger partial charge in [0.05, 0.1) is 6.26 Å². The van der Waals surface area contributed by atoms with Crippen molar-refractivity contribution in [3.63, 3.8) is 0 Å². The largest absolute Gasteiger partial charge is 0.469 e. The quantitative estimate of drug-likeness (QED) is 0.599. The number of dihydropyridines is 1. The Kier molecular flexibility index (Phi) is 5.42. The number of aromatic nitrogens is 1. The summed E-state index contributed by atoms with van der Waals surface area (Å²) in [5, 5.41) is 6.31. The van der Waals surface area contributed by atoms with E-state index in [2.05, 4.69) is 15.6 Å². The van der Waals surface area contributed by atoms with Gasteiger partial charge in [-0.3, -0.25) is 9.59 Å². The standard InChI is InChI=1S/C27H25N3O3/c1-16-8-6-12-23(28-16)30-27(32)24-17(2)29-20-14-19(22-11-7-13-33-22)15-21(31)26(20)25(24)18-9-4-3-5-10-18/h3-13,19,25,29H,14-15H2,1-2H3,(H,28,30,32). The topological polar surface area (TPSA) is 84.2 Å². The van der Waals surface area contributed by atoms with Gasteiger partial charge in [-0.1, -0.05) is 36.4 Å². The zero-order chi connectivity index (χ0) is 22.9. The zero-order valence-corrected chi connectivity index (χ0v) is 18.6. The lowest BCUT2D eigenvalue weighted by Crippen LogP contribution is -2.37. The van der Waals surface area contributed by atoms with Crippen LogP contribution in [-0.2, 0) is 9.59 Å². The van der Waals surface area contributed by atoms with E-state index in [0.717, 1.165) is 28.4 Å². The van der Waals surface area contributed by atoms with Crippen molar-refractivity contribution < 1.29 is 14.0 Å². The molecule has 1 aromatic carbocycles. The van der Waals surface area contributed by atoms with E-state index < -0.39 is 5.92 Å². The van der Waals surface area contributed by atoms with E-state index in [-0.39, 0.29) is 17.6 Å². The molecule has 6 heteroatoms. The number of nitrogens with zero attached hydrogens (tertiary/aromatic N) is 1. The molecule has 0 fully saturated rings. The van der Waals surface area contributed by atoms with E-state index in [9.17, 15) is 9.59 Å². The molecule has 0 saturated carbocycles. The van der Waals surface area contributed by atoms with Gasteiger partial charge in [-0.15, -0.1) is 0 Å². The Morgan fingerprint density at radius 2 is 1.85 bits per heavy atom. The zero-order valence-electron chi connectivity index (χ0n) is 18.6. The Labute approximate surface area is 192 Å². The van der Waals surface area contributed by atoms with Crippen molar-refractivity contribution in [2.45, 2.75) is 38.5 Å². The maximum Gasteiger partial charge on any atom is 0.255 e. The Morgan fingerprint density at radius 1 is 1.03 bits per heavy atom. The van der Waals surface area contributed by atoms with Crippen LogP contribution >= 0.6 is 0 Å². The van der Waals surface area contributed by atoms with Gasteiger partial charge >= 0.3 is 0 Å². The maximum absolute atomic E-state index is 13.5. The number of pyridine rings is 1. The van der Waals surface area contributed by atoms with Crippen molar-refractivity contribution in [1.29, 1.82) is 0 Å². The predicted octanol–water partition coefficient (Wildman–Crippen LogP) is 4.98. The van der Waals surface area contributed by atoms with Crippen LogP contribution in [0.15, 0.2) is 93.9 Å². The highest BCUT2D eigenvalue weighted by molar-refractivity contribution is 6.09. The summed E-state index contributed by atoms with van der Waals surface area (Å²) in [4.78, 5) is 31.4. The summed E-state index contributed by atoms with van der Waals surface area (Å²) in [6, 6.07) is 19.0. The van der Waals surface area contributed by atoms with Crippen molar-refractivity contribution in [3.05, 3.63) is 106 Å². The molecule has 0 bridgehead atoms. The van der Waals surface area contributed by atoms with Crippen LogP contribution in [0.1, 0.15) is 48.6 Å². The average molecular weight is 440 g/mol. The number of ketones is 1. The smallest absolute Gasteiger partial charge is 0.255 e. The molecular formula is C27H25N3O3. The second kappa shape index (κ2) is 8.54. The van der Waals surface area contributed by atoms with Crippen molar-refractivity contribution in [3.8, 4) is 0 Å². The van der Waals surface area contributed by atoms with Gasteiger partial charge in [0.25, 0.3) is 5.91 Å². The molecule has 0 radical (unpaired) electrons. The molecule has 2 atom stereocenters. The van der Waals surface area contributed by atoms with E-state index in [1.165, 1.54) is 0 Å². The van der Waals surface area contributed by atoms with E-state index in [0.29, 0.717) is 29.8 Å². The van der Waals surface area contributed by atoms with Crippen LogP contribution in [-0.4, -0.2) is 16.7 Å². The van der Waals surface area contributed by atoms with Crippen molar-refractivity contribution in [1.82, 2.24) is 10.3 Å². The highest BCUT2D eigenvalue weighted by Gasteiger charge is 2.41. The molecule has 6 nitrogen and oxygen atoms in total. The lowest BCUT2D eigenvalue weighted by atomic mass is 9.72. The number of carbonyl (C=O) groups excluding carboxylic acids is 2. The molecule has 5 rings (SSSR count). The highest BCUT2D eigenvalue weighted by Crippen LogP contribution is 2.45. The van der Waals surface area contributed by atoms with Gasteiger partial charge in [0, 0.05) is 46.5 Å². The molecule has 1 amide bonds. The number of nitrogens with one attached hydrogen (secondary N) is 2. The summed E-state index contributed by atoms with van der Waals surface area (Å²) in [5.74, 6) is 0.598. The molecule has 2 N–H and O–H groups in total. The first-order chi connectivity index (χ1) is 16.0. The molecule has 0 saturated heterocycles. The molecule has 1 aliphatic heterocycles. The predicted molar refractivity (Wildman–Crippen MR) is 125 cm³/mol. The fourth-order valence-electron chi connectivity index (χ4n) is 4.84. The minimum absolute atomic E-state index is 0.0187. The fraction of sp³-hybridized carbons (Fsp3) is 0.222. The summed E-state index contributed by atoms with van der Waals surface area (Å²) in [7, 11) is 0. The van der Waals surface area contributed by atoms with Crippen molar-refractivity contribution in [2.24, 2.45) is 0 Å². The third-order valence-corrected chi connectivity index (χ3v) is 6.28. The third kappa shape index (κ3) is 4.00. The first kappa shape index (κ1) is 20.9. The number of aryl methyl sites for hydroxylation is 1. The van der Waals surface area contributed by atoms with E-state index >= 15 is 0 Å². The third-order valence-electron chi connectivity index (χ3n) is 6.28. The number of allylic oxidation sites excluding steroid dienone is 3. The molecule has 1 aliphatic carbocycles. The lowest BCUT2D eigenvalue weighted by Gasteiger charge is -2.36. The monoisotopic (exact) mass is 439 g/mol. The van der Waals surface area contributed by atoms with E-state index in [1.54, 1.807) is 12.3 Å². The van der Waals surface area contributed by atoms with Gasteiger partial charge in [-0.2, -0.15) is 0 Å². The summed E-state index contributed by atoms with van der Waals surface area (Å²) in [5.41, 5.74) is 4.53. The van der Waals surface area contributed by atoms with Crippen LogP contribution in [0.3, 0.4) is 0 Å².